The molecule has 1 fully saturated rings. The second-order valence-electron chi connectivity index (χ2n) is 4.90. The SMILES string of the molecule is NS(=O)(=O)c1ccc(Br)c(C(=O)NCCN2CCOCC2)c1. The number of sulfonamides is 1. The topological polar surface area (TPSA) is 102 Å². The van der Waals surface area contributed by atoms with Gasteiger partial charge in [-0.25, -0.2) is 13.6 Å². The van der Waals surface area contributed by atoms with Gasteiger partial charge in [-0.3, -0.25) is 9.69 Å². The maximum Gasteiger partial charge on any atom is 0.252 e. The first-order chi connectivity index (χ1) is 10.4. The molecule has 22 heavy (non-hydrogen) atoms. The van der Waals surface area contributed by atoms with Crippen LogP contribution in [0.25, 0.3) is 0 Å². The molecule has 1 aliphatic rings. The molecule has 0 aromatic heterocycles. The standard InChI is InChI=1S/C13H18BrN3O4S/c14-12-2-1-10(22(15,19)20)9-11(12)13(18)16-3-4-17-5-7-21-8-6-17/h1-2,9H,3-8H2,(H,16,18)(H2,15,19,20). The molecular formula is C13H18BrN3O4S. The maximum absolute atomic E-state index is 12.2. The van der Waals surface area contributed by atoms with E-state index < -0.39 is 10.0 Å². The third kappa shape index (κ3) is 4.75. The predicted octanol–water partition coefficient (Wildman–Crippen LogP) is 0.159. The lowest BCUT2D eigenvalue weighted by Crippen LogP contribution is -2.41. The van der Waals surface area contributed by atoms with Crippen LogP contribution >= 0.6 is 15.9 Å². The van der Waals surface area contributed by atoms with Crippen LogP contribution in [0.2, 0.25) is 0 Å². The Bertz CT molecular complexity index is 645. The summed E-state index contributed by atoms with van der Waals surface area (Å²) >= 11 is 3.24. The summed E-state index contributed by atoms with van der Waals surface area (Å²) in [5.41, 5.74) is 0.244. The molecule has 0 saturated carbocycles. The average molecular weight is 392 g/mol. The highest BCUT2D eigenvalue weighted by molar-refractivity contribution is 9.10. The summed E-state index contributed by atoms with van der Waals surface area (Å²) in [6.45, 7) is 4.30. The van der Waals surface area contributed by atoms with E-state index in [0.717, 1.165) is 19.6 Å². The zero-order valence-corrected chi connectivity index (χ0v) is 14.3. The van der Waals surface area contributed by atoms with Crippen LogP contribution in [0.5, 0.6) is 0 Å². The third-order valence-corrected chi connectivity index (χ3v) is 4.93. The van der Waals surface area contributed by atoms with Crippen molar-refractivity contribution in [3.63, 3.8) is 0 Å². The normalized spacial score (nSPS) is 16.5. The number of amides is 1. The van der Waals surface area contributed by atoms with Gasteiger partial charge in [0.05, 0.1) is 23.7 Å². The first-order valence-corrected chi connectivity index (χ1v) is 9.12. The number of rotatable bonds is 5. The van der Waals surface area contributed by atoms with Gasteiger partial charge in [-0.05, 0) is 34.1 Å². The van der Waals surface area contributed by atoms with Crippen LogP contribution in [-0.4, -0.2) is 58.6 Å². The molecule has 1 aromatic carbocycles. The summed E-state index contributed by atoms with van der Waals surface area (Å²) in [6, 6.07) is 4.12. The van der Waals surface area contributed by atoms with Crippen LogP contribution in [0.3, 0.4) is 0 Å². The Labute approximate surface area is 138 Å². The molecule has 0 atom stereocenters. The fourth-order valence-electron chi connectivity index (χ4n) is 2.10. The van der Waals surface area contributed by atoms with Crippen LogP contribution < -0.4 is 10.5 Å². The summed E-state index contributed by atoms with van der Waals surface area (Å²) in [5.74, 6) is -0.342. The van der Waals surface area contributed by atoms with E-state index in [1.807, 2.05) is 0 Å². The summed E-state index contributed by atoms with van der Waals surface area (Å²) in [4.78, 5) is 14.3. The minimum Gasteiger partial charge on any atom is -0.379 e. The second kappa shape index (κ2) is 7.51. The van der Waals surface area contributed by atoms with E-state index in [-0.39, 0.29) is 16.4 Å². The summed E-state index contributed by atoms with van der Waals surface area (Å²) < 4.78 is 28.5. The quantitative estimate of drug-likeness (QED) is 0.744. The molecule has 0 spiro atoms. The van der Waals surface area contributed by atoms with Crippen LogP contribution in [0.15, 0.2) is 27.6 Å². The van der Waals surface area contributed by atoms with Gasteiger partial charge in [0.25, 0.3) is 5.91 Å². The third-order valence-electron chi connectivity index (χ3n) is 3.33. The van der Waals surface area contributed by atoms with Crippen LogP contribution in [-0.2, 0) is 14.8 Å². The Morgan fingerprint density at radius 3 is 2.68 bits per heavy atom. The average Bonchev–Trinajstić information content (AvgIpc) is 2.47. The van der Waals surface area contributed by atoms with E-state index >= 15 is 0 Å². The number of primary sulfonamides is 1. The molecule has 1 amide bonds. The molecule has 1 aliphatic heterocycles. The fraction of sp³-hybridized carbons (Fsp3) is 0.462. The van der Waals surface area contributed by atoms with Gasteiger partial charge in [-0.1, -0.05) is 0 Å². The molecule has 2 rings (SSSR count). The molecule has 3 N–H and O–H groups in total. The Balaban J connectivity index is 1.97. The van der Waals surface area contributed by atoms with Crippen molar-refractivity contribution in [2.45, 2.75) is 4.90 Å². The summed E-state index contributed by atoms with van der Waals surface area (Å²) in [6.07, 6.45) is 0. The van der Waals surface area contributed by atoms with Crippen LogP contribution in [0, 0.1) is 0 Å². The number of hydrogen-bond donors (Lipinski definition) is 2. The van der Waals surface area contributed by atoms with Crippen molar-refractivity contribution < 1.29 is 17.9 Å². The first-order valence-electron chi connectivity index (χ1n) is 6.78. The van der Waals surface area contributed by atoms with Crippen molar-refractivity contribution >= 4 is 31.9 Å². The molecule has 7 nitrogen and oxygen atoms in total. The largest absolute Gasteiger partial charge is 0.379 e. The molecule has 0 unspecified atom stereocenters. The Morgan fingerprint density at radius 1 is 1.36 bits per heavy atom. The highest BCUT2D eigenvalue weighted by atomic mass is 79.9. The van der Waals surface area contributed by atoms with Crippen molar-refractivity contribution in [3.8, 4) is 0 Å². The number of carbonyl (C=O) groups is 1. The van der Waals surface area contributed by atoms with E-state index in [1.54, 1.807) is 0 Å². The number of morpholine rings is 1. The fourth-order valence-corrected chi connectivity index (χ4v) is 3.07. The zero-order valence-electron chi connectivity index (χ0n) is 11.9. The number of nitrogens with two attached hydrogens (primary N) is 1. The summed E-state index contributed by atoms with van der Waals surface area (Å²) in [5, 5.41) is 7.86. The number of ether oxygens (including phenoxy) is 1. The van der Waals surface area contributed by atoms with Gasteiger partial charge < -0.3 is 10.1 Å². The lowest BCUT2D eigenvalue weighted by molar-refractivity contribution is 0.0383. The van der Waals surface area contributed by atoms with E-state index in [0.29, 0.717) is 24.2 Å². The highest BCUT2D eigenvalue weighted by Gasteiger charge is 2.16. The Hall–Kier alpha value is -1.00. The molecule has 0 bridgehead atoms. The maximum atomic E-state index is 12.2. The van der Waals surface area contributed by atoms with Crippen molar-refractivity contribution in [2.75, 3.05) is 39.4 Å². The Morgan fingerprint density at radius 2 is 2.05 bits per heavy atom. The van der Waals surface area contributed by atoms with Gasteiger partial charge in [-0.15, -0.1) is 0 Å². The van der Waals surface area contributed by atoms with Gasteiger partial charge in [0.15, 0.2) is 0 Å². The summed E-state index contributed by atoms with van der Waals surface area (Å²) in [7, 11) is -3.84. The van der Waals surface area contributed by atoms with Crippen LogP contribution in [0.1, 0.15) is 10.4 Å². The highest BCUT2D eigenvalue weighted by Crippen LogP contribution is 2.20. The zero-order chi connectivity index (χ0) is 16.2. The molecule has 9 heteroatoms. The van der Waals surface area contributed by atoms with Crippen molar-refractivity contribution in [1.82, 2.24) is 10.2 Å². The van der Waals surface area contributed by atoms with E-state index in [2.05, 4.69) is 26.1 Å². The number of nitrogens with one attached hydrogen (secondary N) is 1. The van der Waals surface area contributed by atoms with Crippen molar-refractivity contribution in [3.05, 3.63) is 28.2 Å². The second-order valence-corrected chi connectivity index (χ2v) is 7.31. The van der Waals surface area contributed by atoms with Gasteiger partial charge in [0, 0.05) is 30.7 Å². The van der Waals surface area contributed by atoms with Crippen molar-refractivity contribution in [1.29, 1.82) is 0 Å². The molecule has 1 aromatic rings. The lowest BCUT2D eigenvalue weighted by atomic mass is 10.2. The molecule has 0 radical (unpaired) electrons. The van der Waals surface area contributed by atoms with Crippen molar-refractivity contribution in [2.24, 2.45) is 5.14 Å². The minimum absolute atomic E-state index is 0.0889. The molecule has 1 heterocycles. The molecular weight excluding hydrogens is 374 g/mol. The van der Waals surface area contributed by atoms with E-state index in [4.69, 9.17) is 9.88 Å². The number of nitrogens with zero attached hydrogens (tertiary/aromatic N) is 1. The number of benzene rings is 1. The first kappa shape index (κ1) is 17.4. The van der Waals surface area contributed by atoms with Gasteiger partial charge in [0.1, 0.15) is 0 Å². The number of carbonyl (C=O) groups excluding carboxylic acids is 1. The smallest absolute Gasteiger partial charge is 0.252 e. The molecule has 0 aliphatic carbocycles. The van der Waals surface area contributed by atoms with Crippen LogP contribution in [0.4, 0.5) is 0 Å². The number of hydrogen-bond acceptors (Lipinski definition) is 5. The van der Waals surface area contributed by atoms with E-state index in [1.165, 1.54) is 18.2 Å². The van der Waals surface area contributed by atoms with Gasteiger partial charge in [-0.2, -0.15) is 0 Å². The minimum atomic E-state index is -3.84. The number of halogens is 1. The Kier molecular flexibility index (Phi) is 5.93. The monoisotopic (exact) mass is 391 g/mol. The van der Waals surface area contributed by atoms with Gasteiger partial charge in [0.2, 0.25) is 10.0 Å². The van der Waals surface area contributed by atoms with E-state index in [9.17, 15) is 13.2 Å². The molecule has 122 valence electrons. The molecule has 1 saturated heterocycles. The lowest BCUT2D eigenvalue weighted by Gasteiger charge is -2.26. The predicted molar refractivity (Wildman–Crippen MR) is 85.1 cm³/mol. The van der Waals surface area contributed by atoms with Gasteiger partial charge >= 0.3 is 0 Å².